The number of carboxylic acid groups (broad SMARTS) is 2. The fourth-order valence-electron chi connectivity index (χ4n) is 1.11. The van der Waals surface area contributed by atoms with E-state index in [-0.39, 0.29) is 0 Å². The average Bonchev–Trinajstić information content (AvgIpc) is 2.41. The Morgan fingerprint density at radius 1 is 0.850 bits per heavy atom. The van der Waals surface area contributed by atoms with Crippen molar-refractivity contribution in [1.82, 2.24) is 0 Å². The topological polar surface area (TPSA) is 72.4 Å². The summed E-state index contributed by atoms with van der Waals surface area (Å²) in [5.41, 5.74) is 0. The smallest absolute Gasteiger partial charge is 0.127 e. The summed E-state index contributed by atoms with van der Waals surface area (Å²) >= 11 is 0. The standard InChI is InChI=1S/C12H10O.C3H8.CH2O3/c1-3-7-11(8-4-1)13-12-9-5-2-6-10-12;1-3-2;2-1(3)4/h1-10H;3H2,1-2H3;(H2,2,3,4)/p-2. The predicted octanol–water partition coefficient (Wildman–Crippen LogP) is 2.45. The molecule has 0 radical (unpaired) electrons. The molecule has 4 heteroatoms. The van der Waals surface area contributed by atoms with E-state index < -0.39 is 6.16 Å². The van der Waals surface area contributed by atoms with Gasteiger partial charge in [0.15, 0.2) is 0 Å². The summed E-state index contributed by atoms with van der Waals surface area (Å²) < 4.78 is 5.58. The van der Waals surface area contributed by atoms with Gasteiger partial charge in [-0.1, -0.05) is 56.7 Å². The molecule has 2 rings (SSSR count). The highest BCUT2D eigenvalue weighted by Gasteiger charge is 1.92. The first-order chi connectivity index (χ1) is 9.60. The van der Waals surface area contributed by atoms with Crippen LogP contribution in [0.5, 0.6) is 11.5 Å². The Morgan fingerprint density at radius 3 is 1.35 bits per heavy atom. The summed E-state index contributed by atoms with van der Waals surface area (Å²) in [6, 6.07) is 19.5. The van der Waals surface area contributed by atoms with Gasteiger partial charge in [-0.05, 0) is 30.4 Å². The lowest BCUT2D eigenvalue weighted by Gasteiger charge is -2.03. The molecule has 0 atom stereocenters. The van der Waals surface area contributed by atoms with Crippen molar-refractivity contribution in [2.45, 2.75) is 20.3 Å². The van der Waals surface area contributed by atoms with Gasteiger partial charge in [-0.25, -0.2) is 0 Å². The first kappa shape index (κ1) is 17.5. The molecule has 0 spiro atoms. The third-order valence-electron chi connectivity index (χ3n) is 1.72. The highest BCUT2D eigenvalue weighted by atomic mass is 16.6. The van der Waals surface area contributed by atoms with Crippen LogP contribution in [-0.2, 0) is 0 Å². The Balaban J connectivity index is 0.000000438. The summed E-state index contributed by atoms with van der Waals surface area (Å²) in [4.78, 5) is 8.33. The molecular weight excluding hydrogens is 256 g/mol. The van der Waals surface area contributed by atoms with E-state index in [2.05, 4.69) is 13.8 Å². The number of hydrogen-bond donors (Lipinski definition) is 0. The summed E-state index contributed by atoms with van der Waals surface area (Å²) in [6.45, 7) is 4.25. The molecule has 0 aliphatic heterocycles. The SMILES string of the molecule is CCC.O=C([O-])[O-].c1ccc(Oc2ccccc2)cc1. The van der Waals surface area contributed by atoms with E-state index >= 15 is 0 Å². The molecular formula is C16H18O4-2. The second kappa shape index (κ2) is 11.6. The highest BCUT2D eigenvalue weighted by molar-refractivity contribution is 5.47. The van der Waals surface area contributed by atoms with Crippen LogP contribution in [-0.4, -0.2) is 6.16 Å². The van der Waals surface area contributed by atoms with Gasteiger partial charge in [-0.2, -0.15) is 0 Å². The average molecular weight is 274 g/mol. The quantitative estimate of drug-likeness (QED) is 0.843. The number of rotatable bonds is 2. The third-order valence-corrected chi connectivity index (χ3v) is 1.72. The Hall–Kier alpha value is -2.49. The zero-order chi connectivity index (χ0) is 15.2. The van der Waals surface area contributed by atoms with Crippen LogP contribution in [0.1, 0.15) is 20.3 Å². The summed E-state index contributed by atoms with van der Waals surface area (Å²) in [5, 5.41) is 16.7. The van der Waals surface area contributed by atoms with Gasteiger partial charge in [0, 0.05) is 0 Å². The van der Waals surface area contributed by atoms with Gasteiger partial charge in [0.05, 0.1) is 0 Å². The minimum Gasteiger partial charge on any atom is -0.652 e. The fourth-order valence-corrected chi connectivity index (χ4v) is 1.11. The molecule has 0 N–H and O–H groups in total. The van der Waals surface area contributed by atoms with Gasteiger partial charge >= 0.3 is 0 Å². The lowest BCUT2D eigenvalue weighted by Crippen LogP contribution is -2.37. The summed E-state index contributed by atoms with van der Waals surface area (Å²) in [5.74, 6) is 1.74. The van der Waals surface area contributed by atoms with Crippen LogP contribution >= 0.6 is 0 Å². The molecule has 20 heavy (non-hydrogen) atoms. The van der Waals surface area contributed by atoms with Crippen molar-refractivity contribution in [2.24, 2.45) is 0 Å². The molecule has 0 heterocycles. The zero-order valence-electron chi connectivity index (χ0n) is 11.6. The molecule has 0 fully saturated rings. The van der Waals surface area contributed by atoms with Crippen LogP contribution in [0.15, 0.2) is 60.7 Å². The maximum atomic E-state index is 8.33. The monoisotopic (exact) mass is 274 g/mol. The van der Waals surface area contributed by atoms with Crippen molar-refractivity contribution in [1.29, 1.82) is 0 Å². The van der Waals surface area contributed by atoms with Crippen LogP contribution in [0, 0.1) is 0 Å². The van der Waals surface area contributed by atoms with Crippen LogP contribution in [0.2, 0.25) is 0 Å². The molecule has 0 unspecified atom stereocenters. The van der Waals surface area contributed by atoms with Crippen LogP contribution in [0.3, 0.4) is 0 Å². The van der Waals surface area contributed by atoms with Gasteiger partial charge in [0.1, 0.15) is 11.5 Å². The number of hydrogen-bond acceptors (Lipinski definition) is 4. The van der Waals surface area contributed by atoms with E-state index in [0.29, 0.717) is 0 Å². The Bertz CT molecular complexity index is 413. The van der Waals surface area contributed by atoms with Crippen molar-refractivity contribution in [3.63, 3.8) is 0 Å². The first-order valence-corrected chi connectivity index (χ1v) is 6.26. The van der Waals surface area contributed by atoms with Crippen molar-refractivity contribution >= 4 is 6.16 Å². The molecule has 0 saturated carbocycles. The minimum atomic E-state index is -2.33. The maximum absolute atomic E-state index is 8.33. The molecule has 2 aromatic rings. The Labute approximate surface area is 119 Å². The second-order valence-electron chi connectivity index (χ2n) is 3.69. The molecule has 0 aliphatic rings. The van der Waals surface area contributed by atoms with E-state index in [4.69, 9.17) is 19.7 Å². The van der Waals surface area contributed by atoms with Crippen LogP contribution in [0.4, 0.5) is 4.79 Å². The van der Waals surface area contributed by atoms with Crippen molar-refractivity contribution in [3.8, 4) is 11.5 Å². The largest absolute Gasteiger partial charge is 0.652 e. The van der Waals surface area contributed by atoms with Crippen molar-refractivity contribution in [3.05, 3.63) is 60.7 Å². The molecule has 0 aliphatic carbocycles. The number of ether oxygens (including phenoxy) is 1. The molecule has 0 bridgehead atoms. The van der Waals surface area contributed by atoms with Gasteiger partial charge in [0.2, 0.25) is 0 Å². The molecule has 0 amide bonds. The maximum Gasteiger partial charge on any atom is 0.127 e. The summed E-state index contributed by atoms with van der Waals surface area (Å²) in [6.07, 6.45) is -1.08. The van der Waals surface area contributed by atoms with E-state index in [9.17, 15) is 0 Å². The van der Waals surface area contributed by atoms with E-state index in [1.807, 2.05) is 60.7 Å². The Kier molecular flexibility index (Phi) is 10.1. The summed E-state index contributed by atoms with van der Waals surface area (Å²) in [7, 11) is 0. The van der Waals surface area contributed by atoms with E-state index in [1.54, 1.807) is 0 Å². The lowest BCUT2D eigenvalue weighted by molar-refractivity contribution is -0.415. The van der Waals surface area contributed by atoms with Gasteiger partial charge in [0.25, 0.3) is 0 Å². The van der Waals surface area contributed by atoms with Crippen molar-refractivity contribution < 1.29 is 19.7 Å². The highest BCUT2D eigenvalue weighted by Crippen LogP contribution is 2.19. The normalized spacial score (nSPS) is 8.30. The zero-order valence-corrected chi connectivity index (χ0v) is 11.6. The second-order valence-corrected chi connectivity index (χ2v) is 3.69. The molecule has 0 aromatic heterocycles. The molecule has 2 aromatic carbocycles. The van der Waals surface area contributed by atoms with E-state index in [1.165, 1.54) is 6.42 Å². The van der Waals surface area contributed by atoms with E-state index in [0.717, 1.165) is 11.5 Å². The molecule has 0 saturated heterocycles. The van der Waals surface area contributed by atoms with Gasteiger partial charge in [-0.3, -0.25) is 0 Å². The molecule has 4 nitrogen and oxygen atoms in total. The van der Waals surface area contributed by atoms with Gasteiger partial charge < -0.3 is 19.7 Å². The lowest BCUT2D eigenvalue weighted by atomic mass is 10.3. The predicted molar refractivity (Wildman–Crippen MR) is 74.3 cm³/mol. The third kappa shape index (κ3) is 10.7. The number of benzene rings is 2. The number of para-hydroxylation sites is 2. The number of carbonyl (C=O) groups is 1. The van der Waals surface area contributed by atoms with Crippen LogP contribution in [0.25, 0.3) is 0 Å². The van der Waals surface area contributed by atoms with Gasteiger partial charge in [-0.15, -0.1) is 0 Å². The van der Waals surface area contributed by atoms with Crippen LogP contribution < -0.4 is 14.9 Å². The Morgan fingerprint density at radius 2 is 1.10 bits per heavy atom. The molecule has 108 valence electrons. The minimum absolute atomic E-state index is 0.869. The first-order valence-electron chi connectivity index (χ1n) is 6.26. The van der Waals surface area contributed by atoms with Crippen molar-refractivity contribution in [2.75, 3.05) is 0 Å². The fraction of sp³-hybridized carbons (Fsp3) is 0.188. The number of carbonyl (C=O) groups excluding carboxylic acids is 1.